The van der Waals surface area contributed by atoms with Crippen LogP contribution < -0.4 is 4.74 Å². The Balaban J connectivity index is 1.98. The smallest absolute Gasteiger partial charge is 0.340 e. The van der Waals surface area contributed by atoms with Crippen LogP contribution in [0.3, 0.4) is 0 Å². The van der Waals surface area contributed by atoms with Crippen LogP contribution >= 0.6 is 0 Å². The zero-order chi connectivity index (χ0) is 15.5. The number of aromatic carboxylic acids is 1. The van der Waals surface area contributed by atoms with Gasteiger partial charge >= 0.3 is 5.97 Å². The van der Waals surface area contributed by atoms with E-state index in [1.807, 2.05) is 55.5 Å². The number of aryl methyl sites for hydroxylation is 1. The summed E-state index contributed by atoms with van der Waals surface area (Å²) < 4.78 is 5.79. The van der Waals surface area contributed by atoms with Gasteiger partial charge in [-0.25, -0.2) is 4.79 Å². The van der Waals surface area contributed by atoms with Gasteiger partial charge in [0, 0.05) is 0 Å². The van der Waals surface area contributed by atoms with Crippen LogP contribution in [0.4, 0.5) is 0 Å². The summed E-state index contributed by atoms with van der Waals surface area (Å²) in [7, 11) is 0. The predicted octanol–water partition coefficient (Wildman–Crippen LogP) is 4.43. The minimum atomic E-state index is -0.975. The molecule has 3 heteroatoms. The maximum Gasteiger partial charge on any atom is 0.340 e. The Hall–Kier alpha value is -2.81. The normalized spacial score (nSPS) is 10.6. The SMILES string of the molecule is Cc1ccccc1COc1ccc2ccccc2c1C(=O)O. The lowest BCUT2D eigenvalue weighted by atomic mass is 10.0. The first-order valence-corrected chi connectivity index (χ1v) is 7.09. The predicted molar refractivity (Wildman–Crippen MR) is 86.4 cm³/mol. The Bertz CT molecular complexity index is 837. The van der Waals surface area contributed by atoms with E-state index in [9.17, 15) is 9.90 Å². The van der Waals surface area contributed by atoms with Crippen molar-refractivity contribution in [1.29, 1.82) is 0 Å². The number of hydrogen-bond donors (Lipinski definition) is 1. The topological polar surface area (TPSA) is 46.5 Å². The molecule has 1 N–H and O–H groups in total. The van der Waals surface area contributed by atoms with E-state index >= 15 is 0 Å². The van der Waals surface area contributed by atoms with E-state index in [1.165, 1.54) is 0 Å². The number of carboxylic acid groups (broad SMARTS) is 1. The molecule has 0 aliphatic carbocycles. The van der Waals surface area contributed by atoms with Crippen molar-refractivity contribution in [1.82, 2.24) is 0 Å². The fraction of sp³-hybridized carbons (Fsp3) is 0.105. The minimum Gasteiger partial charge on any atom is -0.488 e. The molecule has 0 fully saturated rings. The van der Waals surface area contributed by atoms with Crippen LogP contribution in [0.2, 0.25) is 0 Å². The summed E-state index contributed by atoms with van der Waals surface area (Å²) in [4.78, 5) is 11.6. The van der Waals surface area contributed by atoms with Gasteiger partial charge in [-0.2, -0.15) is 0 Å². The summed E-state index contributed by atoms with van der Waals surface area (Å²) >= 11 is 0. The monoisotopic (exact) mass is 292 g/mol. The Morgan fingerprint density at radius 3 is 2.50 bits per heavy atom. The molecule has 110 valence electrons. The molecule has 3 rings (SSSR count). The van der Waals surface area contributed by atoms with E-state index in [-0.39, 0.29) is 5.56 Å². The van der Waals surface area contributed by atoms with Crippen LogP contribution in [0.1, 0.15) is 21.5 Å². The van der Waals surface area contributed by atoms with Crippen LogP contribution in [0.25, 0.3) is 10.8 Å². The molecule has 3 nitrogen and oxygen atoms in total. The number of rotatable bonds is 4. The van der Waals surface area contributed by atoms with E-state index in [1.54, 1.807) is 12.1 Å². The molecule has 0 amide bonds. The van der Waals surface area contributed by atoms with E-state index in [0.717, 1.165) is 16.5 Å². The summed E-state index contributed by atoms with van der Waals surface area (Å²) in [5.74, 6) is -0.578. The Morgan fingerprint density at radius 1 is 1.00 bits per heavy atom. The summed E-state index contributed by atoms with van der Waals surface area (Å²) in [6.45, 7) is 2.36. The molecule has 22 heavy (non-hydrogen) atoms. The van der Waals surface area contributed by atoms with Gasteiger partial charge in [-0.3, -0.25) is 0 Å². The average molecular weight is 292 g/mol. The van der Waals surface area contributed by atoms with Crippen LogP contribution in [0, 0.1) is 6.92 Å². The maximum absolute atomic E-state index is 11.6. The van der Waals surface area contributed by atoms with E-state index in [2.05, 4.69) is 0 Å². The maximum atomic E-state index is 11.6. The third-order valence-corrected chi connectivity index (χ3v) is 3.75. The molecular formula is C19H16O3. The third-order valence-electron chi connectivity index (χ3n) is 3.75. The molecule has 0 unspecified atom stereocenters. The fourth-order valence-electron chi connectivity index (χ4n) is 2.52. The van der Waals surface area contributed by atoms with Gasteiger partial charge in [-0.05, 0) is 34.9 Å². The Labute approximate surface area is 128 Å². The van der Waals surface area contributed by atoms with E-state index in [0.29, 0.717) is 17.7 Å². The standard InChI is InChI=1S/C19H16O3/c1-13-6-2-3-8-15(13)12-22-17-11-10-14-7-4-5-9-16(14)18(17)19(20)21/h2-11H,12H2,1H3,(H,20,21). The highest BCUT2D eigenvalue weighted by Gasteiger charge is 2.15. The average Bonchev–Trinajstić information content (AvgIpc) is 2.53. The molecule has 3 aromatic rings. The zero-order valence-corrected chi connectivity index (χ0v) is 12.2. The van der Waals surface area contributed by atoms with Crippen LogP contribution in [0.15, 0.2) is 60.7 Å². The second-order valence-electron chi connectivity index (χ2n) is 5.18. The lowest BCUT2D eigenvalue weighted by molar-refractivity contribution is 0.0694. The molecule has 0 radical (unpaired) electrons. The molecule has 0 aliphatic rings. The number of hydrogen-bond acceptors (Lipinski definition) is 2. The lowest BCUT2D eigenvalue weighted by Gasteiger charge is -2.12. The van der Waals surface area contributed by atoms with Gasteiger partial charge in [0.25, 0.3) is 0 Å². The van der Waals surface area contributed by atoms with Crippen molar-refractivity contribution in [2.45, 2.75) is 13.5 Å². The first-order valence-electron chi connectivity index (χ1n) is 7.09. The number of fused-ring (bicyclic) bond motifs is 1. The molecule has 0 aliphatic heterocycles. The summed E-state index contributed by atoms with van der Waals surface area (Å²) in [5, 5.41) is 11.1. The number of benzene rings is 3. The van der Waals surface area contributed by atoms with Gasteiger partial charge in [0.1, 0.15) is 17.9 Å². The lowest BCUT2D eigenvalue weighted by Crippen LogP contribution is -2.05. The van der Waals surface area contributed by atoms with Crippen molar-refractivity contribution in [3.63, 3.8) is 0 Å². The second kappa shape index (κ2) is 5.90. The van der Waals surface area contributed by atoms with Crippen molar-refractivity contribution in [3.8, 4) is 5.75 Å². The van der Waals surface area contributed by atoms with Crippen molar-refractivity contribution in [2.24, 2.45) is 0 Å². The summed E-state index contributed by atoms with van der Waals surface area (Å²) in [6, 6.07) is 18.9. The second-order valence-corrected chi connectivity index (χ2v) is 5.18. The van der Waals surface area contributed by atoms with Gasteiger partial charge in [-0.1, -0.05) is 54.6 Å². The fourth-order valence-corrected chi connectivity index (χ4v) is 2.52. The highest BCUT2D eigenvalue weighted by atomic mass is 16.5. The van der Waals surface area contributed by atoms with Crippen molar-refractivity contribution < 1.29 is 14.6 Å². The Kier molecular flexibility index (Phi) is 3.79. The quantitative estimate of drug-likeness (QED) is 0.774. The molecule has 0 atom stereocenters. The first-order chi connectivity index (χ1) is 10.7. The summed E-state index contributed by atoms with van der Waals surface area (Å²) in [5.41, 5.74) is 2.39. The zero-order valence-electron chi connectivity index (χ0n) is 12.2. The highest BCUT2D eigenvalue weighted by molar-refractivity contribution is 6.06. The van der Waals surface area contributed by atoms with Gasteiger partial charge in [0.05, 0.1) is 0 Å². The molecule has 0 aromatic heterocycles. The molecule has 0 saturated heterocycles. The van der Waals surface area contributed by atoms with Gasteiger partial charge in [0.15, 0.2) is 0 Å². The number of carbonyl (C=O) groups is 1. The van der Waals surface area contributed by atoms with Gasteiger partial charge in [0.2, 0.25) is 0 Å². The minimum absolute atomic E-state index is 0.215. The van der Waals surface area contributed by atoms with Gasteiger partial charge < -0.3 is 9.84 Å². The van der Waals surface area contributed by atoms with Crippen LogP contribution in [-0.4, -0.2) is 11.1 Å². The highest BCUT2D eigenvalue weighted by Crippen LogP contribution is 2.29. The molecule has 0 spiro atoms. The van der Waals surface area contributed by atoms with E-state index in [4.69, 9.17) is 4.74 Å². The number of ether oxygens (including phenoxy) is 1. The molecular weight excluding hydrogens is 276 g/mol. The molecule has 0 bridgehead atoms. The van der Waals surface area contributed by atoms with Crippen molar-refractivity contribution >= 4 is 16.7 Å². The van der Waals surface area contributed by atoms with Crippen molar-refractivity contribution in [3.05, 3.63) is 77.4 Å². The molecule has 0 saturated carbocycles. The number of carboxylic acids is 1. The van der Waals surface area contributed by atoms with Crippen LogP contribution in [-0.2, 0) is 6.61 Å². The molecule has 3 aromatic carbocycles. The molecule has 0 heterocycles. The van der Waals surface area contributed by atoms with E-state index < -0.39 is 5.97 Å². The first kappa shape index (κ1) is 14.1. The Morgan fingerprint density at radius 2 is 1.73 bits per heavy atom. The van der Waals surface area contributed by atoms with Crippen LogP contribution in [0.5, 0.6) is 5.75 Å². The largest absolute Gasteiger partial charge is 0.488 e. The summed E-state index contributed by atoms with van der Waals surface area (Å²) in [6.07, 6.45) is 0. The van der Waals surface area contributed by atoms with Gasteiger partial charge in [-0.15, -0.1) is 0 Å². The third kappa shape index (κ3) is 2.66. The van der Waals surface area contributed by atoms with Crippen molar-refractivity contribution in [2.75, 3.05) is 0 Å².